The molecular formula is C16H21BrN2O2. The number of nitrogens with one attached hydrogen (secondary N) is 2. The topological polar surface area (TPSA) is 50.4 Å². The molecule has 2 heterocycles. The minimum Gasteiger partial charge on any atom is -0.381 e. The summed E-state index contributed by atoms with van der Waals surface area (Å²) in [5, 5.41) is 6.40. The highest BCUT2D eigenvalue weighted by Gasteiger charge is 2.41. The zero-order chi connectivity index (χ0) is 14.7. The van der Waals surface area contributed by atoms with E-state index in [9.17, 15) is 4.79 Å². The lowest BCUT2D eigenvalue weighted by Gasteiger charge is -2.37. The van der Waals surface area contributed by atoms with Gasteiger partial charge in [-0.15, -0.1) is 0 Å². The Morgan fingerprint density at radius 2 is 1.95 bits per heavy atom. The van der Waals surface area contributed by atoms with Crippen LogP contribution in [0, 0.1) is 5.92 Å². The quantitative estimate of drug-likeness (QED) is 0.869. The first kappa shape index (κ1) is 15.0. The lowest BCUT2D eigenvalue weighted by atomic mass is 9.73. The molecule has 1 aromatic carbocycles. The van der Waals surface area contributed by atoms with Gasteiger partial charge in [-0.25, -0.2) is 0 Å². The number of halogens is 1. The molecule has 0 bridgehead atoms. The third-order valence-electron chi connectivity index (χ3n) is 4.60. The van der Waals surface area contributed by atoms with Crippen molar-refractivity contribution in [3.8, 4) is 0 Å². The van der Waals surface area contributed by atoms with E-state index in [2.05, 4.69) is 38.7 Å². The zero-order valence-corrected chi connectivity index (χ0v) is 13.6. The Morgan fingerprint density at radius 3 is 2.52 bits per heavy atom. The van der Waals surface area contributed by atoms with Crippen molar-refractivity contribution in [1.29, 1.82) is 0 Å². The van der Waals surface area contributed by atoms with Crippen molar-refractivity contribution < 1.29 is 9.53 Å². The molecule has 2 fully saturated rings. The molecule has 0 atom stereocenters. The number of hydrogen-bond acceptors (Lipinski definition) is 3. The summed E-state index contributed by atoms with van der Waals surface area (Å²) in [4.78, 5) is 12.9. The van der Waals surface area contributed by atoms with E-state index < -0.39 is 5.41 Å². The van der Waals surface area contributed by atoms with E-state index in [1.165, 1.54) is 0 Å². The third kappa shape index (κ3) is 3.15. The Kier molecular flexibility index (Phi) is 4.62. The van der Waals surface area contributed by atoms with E-state index in [1.807, 2.05) is 12.1 Å². The Morgan fingerprint density at radius 1 is 1.29 bits per heavy atom. The van der Waals surface area contributed by atoms with Crippen LogP contribution in [-0.4, -0.2) is 38.8 Å². The number of amides is 1. The van der Waals surface area contributed by atoms with Crippen LogP contribution in [0.15, 0.2) is 28.7 Å². The van der Waals surface area contributed by atoms with Crippen molar-refractivity contribution in [2.75, 3.05) is 32.8 Å². The molecule has 2 aliphatic heterocycles. The maximum atomic E-state index is 12.9. The molecule has 0 saturated carbocycles. The Labute approximate surface area is 133 Å². The van der Waals surface area contributed by atoms with E-state index in [4.69, 9.17) is 4.74 Å². The summed E-state index contributed by atoms with van der Waals surface area (Å²) in [5.74, 6) is 0.732. The van der Waals surface area contributed by atoms with Crippen LogP contribution in [0.2, 0.25) is 0 Å². The van der Waals surface area contributed by atoms with Crippen LogP contribution in [0.5, 0.6) is 0 Å². The molecule has 21 heavy (non-hydrogen) atoms. The fourth-order valence-corrected chi connectivity index (χ4v) is 3.30. The predicted molar refractivity (Wildman–Crippen MR) is 85.2 cm³/mol. The van der Waals surface area contributed by atoms with Crippen molar-refractivity contribution >= 4 is 21.8 Å². The van der Waals surface area contributed by atoms with E-state index in [-0.39, 0.29) is 5.91 Å². The molecule has 0 aromatic heterocycles. The molecule has 1 aromatic rings. The van der Waals surface area contributed by atoms with Gasteiger partial charge >= 0.3 is 0 Å². The highest BCUT2D eigenvalue weighted by molar-refractivity contribution is 9.10. The summed E-state index contributed by atoms with van der Waals surface area (Å²) in [7, 11) is 0. The second kappa shape index (κ2) is 6.46. The lowest BCUT2D eigenvalue weighted by Crippen LogP contribution is -2.53. The highest BCUT2D eigenvalue weighted by Crippen LogP contribution is 2.35. The van der Waals surface area contributed by atoms with E-state index in [0.29, 0.717) is 19.1 Å². The molecule has 114 valence electrons. The van der Waals surface area contributed by atoms with Gasteiger partial charge in [0.1, 0.15) is 0 Å². The van der Waals surface area contributed by atoms with Crippen molar-refractivity contribution in [2.45, 2.75) is 18.3 Å². The number of hydrogen-bond donors (Lipinski definition) is 2. The molecule has 0 spiro atoms. The van der Waals surface area contributed by atoms with Gasteiger partial charge in [-0.05, 0) is 30.5 Å². The average molecular weight is 353 g/mol. The van der Waals surface area contributed by atoms with Gasteiger partial charge in [0.25, 0.3) is 0 Å². The van der Waals surface area contributed by atoms with Crippen LogP contribution in [0.1, 0.15) is 18.4 Å². The summed E-state index contributed by atoms with van der Waals surface area (Å²) in [6.07, 6.45) is 1.51. The van der Waals surface area contributed by atoms with Gasteiger partial charge in [0.15, 0.2) is 0 Å². The fraction of sp³-hybridized carbons (Fsp3) is 0.562. The monoisotopic (exact) mass is 352 g/mol. The maximum absolute atomic E-state index is 12.9. The largest absolute Gasteiger partial charge is 0.381 e. The third-order valence-corrected chi connectivity index (χ3v) is 5.12. The molecular weight excluding hydrogens is 332 g/mol. The Bertz CT molecular complexity index is 494. The van der Waals surface area contributed by atoms with Gasteiger partial charge in [0, 0.05) is 43.2 Å². The van der Waals surface area contributed by atoms with Gasteiger partial charge in [0.05, 0.1) is 5.41 Å². The van der Waals surface area contributed by atoms with Gasteiger partial charge in [-0.2, -0.15) is 0 Å². The van der Waals surface area contributed by atoms with Crippen LogP contribution in [0.25, 0.3) is 0 Å². The van der Waals surface area contributed by atoms with Crippen molar-refractivity contribution in [3.05, 3.63) is 34.3 Å². The Balaban J connectivity index is 1.78. The summed E-state index contributed by atoms with van der Waals surface area (Å²) in [5.41, 5.74) is 0.661. The van der Waals surface area contributed by atoms with Crippen LogP contribution < -0.4 is 10.6 Å². The minimum absolute atomic E-state index is 0.153. The second-order valence-electron chi connectivity index (χ2n) is 5.94. The smallest absolute Gasteiger partial charge is 0.230 e. The first-order chi connectivity index (χ1) is 10.2. The van der Waals surface area contributed by atoms with E-state index in [0.717, 1.165) is 42.5 Å². The summed E-state index contributed by atoms with van der Waals surface area (Å²) in [6.45, 7) is 4.08. The van der Waals surface area contributed by atoms with Crippen molar-refractivity contribution in [2.24, 2.45) is 5.92 Å². The summed E-state index contributed by atoms with van der Waals surface area (Å²) >= 11 is 3.46. The number of rotatable bonds is 4. The number of benzene rings is 1. The number of carbonyl (C=O) groups excluding carboxylic acids is 1. The molecule has 3 rings (SSSR count). The minimum atomic E-state index is -0.434. The normalized spacial score (nSPS) is 21.6. The van der Waals surface area contributed by atoms with E-state index >= 15 is 0 Å². The van der Waals surface area contributed by atoms with Crippen molar-refractivity contribution in [1.82, 2.24) is 10.6 Å². The zero-order valence-electron chi connectivity index (χ0n) is 12.0. The highest BCUT2D eigenvalue weighted by atomic mass is 79.9. The summed E-state index contributed by atoms with van der Waals surface area (Å²) in [6, 6.07) is 8.13. The van der Waals surface area contributed by atoms with Gasteiger partial charge in [-0.3, -0.25) is 4.79 Å². The standard InChI is InChI=1S/C16H21BrN2O2/c17-14-3-1-13(2-4-14)16(5-7-21-8-6-16)15(20)19-11-12-9-18-10-12/h1-4,12,18H,5-11H2,(H,19,20). The fourth-order valence-electron chi connectivity index (χ4n) is 3.03. The van der Waals surface area contributed by atoms with Crippen LogP contribution in [-0.2, 0) is 14.9 Å². The van der Waals surface area contributed by atoms with Crippen molar-refractivity contribution in [3.63, 3.8) is 0 Å². The van der Waals surface area contributed by atoms with Crippen LogP contribution in [0.3, 0.4) is 0 Å². The van der Waals surface area contributed by atoms with Gasteiger partial charge < -0.3 is 15.4 Å². The van der Waals surface area contributed by atoms with E-state index in [1.54, 1.807) is 0 Å². The average Bonchev–Trinajstić information content (AvgIpc) is 2.47. The van der Waals surface area contributed by atoms with Crippen LogP contribution in [0.4, 0.5) is 0 Å². The summed E-state index contributed by atoms with van der Waals surface area (Å²) < 4.78 is 6.52. The molecule has 0 unspecified atom stereocenters. The first-order valence-corrected chi connectivity index (χ1v) is 8.33. The maximum Gasteiger partial charge on any atom is 0.230 e. The second-order valence-corrected chi connectivity index (χ2v) is 6.85. The lowest BCUT2D eigenvalue weighted by molar-refractivity contribution is -0.130. The SMILES string of the molecule is O=C(NCC1CNC1)C1(c2ccc(Br)cc2)CCOCC1. The Hall–Kier alpha value is -0.910. The first-order valence-electron chi connectivity index (χ1n) is 7.53. The predicted octanol–water partition coefficient (Wildman–Crippen LogP) is 1.83. The van der Waals surface area contributed by atoms with Crippen LogP contribution >= 0.6 is 15.9 Å². The number of ether oxygens (including phenoxy) is 1. The van der Waals surface area contributed by atoms with Gasteiger partial charge in [0.2, 0.25) is 5.91 Å². The van der Waals surface area contributed by atoms with Gasteiger partial charge in [-0.1, -0.05) is 28.1 Å². The molecule has 5 heteroatoms. The molecule has 1 amide bonds. The molecule has 4 nitrogen and oxygen atoms in total. The molecule has 2 N–H and O–H groups in total. The number of carbonyl (C=O) groups is 1. The molecule has 0 aliphatic carbocycles. The molecule has 2 saturated heterocycles. The molecule has 2 aliphatic rings. The molecule has 0 radical (unpaired) electrons.